The molecule has 1 atom stereocenters. The van der Waals surface area contributed by atoms with Gasteiger partial charge in [0.2, 0.25) is 5.91 Å². The normalized spacial score (nSPS) is 19.1. The molecule has 0 aromatic rings. The molecule has 0 saturated heterocycles. The Labute approximate surface area is 95.0 Å². The first-order valence-electron chi connectivity index (χ1n) is 5.39. The van der Waals surface area contributed by atoms with E-state index in [1.807, 2.05) is 20.8 Å². The lowest BCUT2D eigenvalue weighted by Gasteiger charge is -2.22. The van der Waals surface area contributed by atoms with Crippen molar-refractivity contribution in [2.24, 2.45) is 11.3 Å². The second-order valence-electron chi connectivity index (χ2n) is 4.80. The van der Waals surface area contributed by atoms with E-state index < -0.39 is 0 Å². The van der Waals surface area contributed by atoms with E-state index in [1.165, 1.54) is 12.8 Å². The fourth-order valence-corrected chi connectivity index (χ4v) is 1.91. The van der Waals surface area contributed by atoms with Gasteiger partial charge in [-0.15, -0.1) is 0 Å². The summed E-state index contributed by atoms with van der Waals surface area (Å²) in [5, 5.41) is 3.01. The maximum Gasteiger partial charge on any atom is 0.225 e. The fraction of sp³-hybridized carbons (Fsp3) is 0.909. The molecule has 0 aromatic heterocycles. The van der Waals surface area contributed by atoms with Crippen LogP contribution in [0.1, 0.15) is 40.0 Å². The Morgan fingerprint density at radius 1 is 1.57 bits per heavy atom. The van der Waals surface area contributed by atoms with Crippen LogP contribution in [0, 0.1) is 11.3 Å². The number of halogens is 1. The largest absolute Gasteiger partial charge is 0.355 e. The lowest BCUT2D eigenvalue weighted by Crippen LogP contribution is -2.39. The molecule has 3 heteroatoms. The molecule has 1 fully saturated rings. The summed E-state index contributed by atoms with van der Waals surface area (Å²) in [6.45, 7) is 6.80. The van der Waals surface area contributed by atoms with Gasteiger partial charge in [-0.2, -0.15) is 0 Å². The van der Waals surface area contributed by atoms with Crippen molar-refractivity contribution in [1.29, 1.82) is 0 Å². The molecule has 0 aromatic carbocycles. The third kappa shape index (κ3) is 3.26. The second kappa shape index (κ2) is 4.65. The Balaban J connectivity index is 2.26. The van der Waals surface area contributed by atoms with Crippen LogP contribution in [0.5, 0.6) is 0 Å². The summed E-state index contributed by atoms with van der Waals surface area (Å²) in [6.07, 6.45) is 3.50. The van der Waals surface area contributed by atoms with Gasteiger partial charge in [-0.1, -0.05) is 36.7 Å². The monoisotopic (exact) mass is 261 g/mol. The van der Waals surface area contributed by atoms with E-state index in [0.29, 0.717) is 4.83 Å². The number of rotatable bonds is 5. The molecule has 1 rings (SSSR count). The number of amides is 1. The molecule has 0 aliphatic heterocycles. The SMILES string of the molecule is CCC(C)(C)C(=O)NCC(Br)C1CC1. The van der Waals surface area contributed by atoms with Crippen molar-refractivity contribution in [2.75, 3.05) is 6.54 Å². The highest BCUT2D eigenvalue weighted by atomic mass is 79.9. The highest BCUT2D eigenvalue weighted by molar-refractivity contribution is 9.09. The van der Waals surface area contributed by atoms with Gasteiger partial charge >= 0.3 is 0 Å². The summed E-state index contributed by atoms with van der Waals surface area (Å²) in [5.74, 6) is 0.963. The molecule has 82 valence electrons. The van der Waals surface area contributed by atoms with E-state index in [-0.39, 0.29) is 11.3 Å². The van der Waals surface area contributed by atoms with E-state index in [9.17, 15) is 4.79 Å². The molecule has 0 spiro atoms. The zero-order valence-electron chi connectivity index (χ0n) is 9.27. The second-order valence-corrected chi connectivity index (χ2v) is 5.98. The number of hydrogen-bond acceptors (Lipinski definition) is 1. The van der Waals surface area contributed by atoms with Gasteiger partial charge in [0.1, 0.15) is 0 Å². The molecule has 1 aliphatic carbocycles. The number of alkyl halides is 1. The minimum Gasteiger partial charge on any atom is -0.355 e. The Morgan fingerprint density at radius 3 is 2.57 bits per heavy atom. The highest BCUT2D eigenvalue weighted by Gasteiger charge is 2.31. The van der Waals surface area contributed by atoms with Crippen molar-refractivity contribution in [2.45, 2.75) is 44.9 Å². The van der Waals surface area contributed by atoms with Gasteiger partial charge < -0.3 is 5.32 Å². The topological polar surface area (TPSA) is 29.1 Å². The fourth-order valence-electron chi connectivity index (χ4n) is 1.21. The summed E-state index contributed by atoms with van der Waals surface area (Å²) in [6, 6.07) is 0. The van der Waals surface area contributed by atoms with Gasteiger partial charge in [-0.05, 0) is 25.2 Å². The molecular formula is C11H20BrNO. The number of nitrogens with one attached hydrogen (secondary N) is 1. The minimum atomic E-state index is -0.226. The first-order chi connectivity index (χ1) is 6.47. The standard InChI is InChI=1S/C11H20BrNO/c1-4-11(2,3)10(14)13-7-9(12)8-5-6-8/h8-9H,4-7H2,1-3H3,(H,13,14). The van der Waals surface area contributed by atoms with E-state index in [1.54, 1.807) is 0 Å². The van der Waals surface area contributed by atoms with Gasteiger partial charge in [0, 0.05) is 16.8 Å². The molecule has 1 amide bonds. The van der Waals surface area contributed by atoms with Gasteiger partial charge in [0.05, 0.1) is 0 Å². The molecule has 1 N–H and O–H groups in total. The third-order valence-corrected chi connectivity index (χ3v) is 4.16. The molecule has 0 heterocycles. The van der Waals surface area contributed by atoms with Crippen molar-refractivity contribution in [3.63, 3.8) is 0 Å². The molecule has 1 saturated carbocycles. The smallest absolute Gasteiger partial charge is 0.225 e. The lowest BCUT2D eigenvalue weighted by atomic mass is 9.89. The molecule has 0 bridgehead atoms. The highest BCUT2D eigenvalue weighted by Crippen LogP contribution is 2.36. The molecule has 1 aliphatic rings. The van der Waals surface area contributed by atoms with Crippen molar-refractivity contribution < 1.29 is 4.79 Å². The Hall–Kier alpha value is -0.0500. The van der Waals surface area contributed by atoms with Crippen molar-refractivity contribution in [1.82, 2.24) is 5.32 Å². The van der Waals surface area contributed by atoms with Crippen LogP contribution in [0.3, 0.4) is 0 Å². The van der Waals surface area contributed by atoms with Crippen LogP contribution in [0.25, 0.3) is 0 Å². The zero-order chi connectivity index (χ0) is 10.8. The van der Waals surface area contributed by atoms with Gasteiger partial charge in [0.15, 0.2) is 0 Å². The van der Waals surface area contributed by atoms with Crippen molar-refractivity contribution in [3.05, 3.63) is 0 Å². The lowest BCUT2D eigenvalue weighted by molar-refractivity contribution is -0.129. The van der Waals surface area contributed by atoms with Gasteiger partial charge in [0.25, 0.3) is 0 Å². The third-order valence-electron chi connectivity index (χ3n) is 3.09. The Bertz CT molecular complexity index is 211. The van der Waals surface area contributed by atoms with Crippen LogP contribution in [0.15, 0.2) is 0 Å². The first kappa shape index (κ1) is 12.0. The summed E-state index contributed by atoms with van der Waals surface area (Å²) < 4.78 is 0. The predicted molar refractivity (Wildman–Crippen MR) is 62.5 cm³/mol. The number of carbonyl (C=O) groups excluding carboxylic acids is 1. The van der Waals surface area contributed by atoms with Crippen molar-refractivity contribution in [3.8, 4) is 0 Å². The quantitative estimate of drug-likeness (QED) is 0.758. The van der Waals surface area contributed by atoms with E-state index in [4.69, 9.17) is 0 Å². The average Bonchev–Trinajstić information content (AvgIpc) is 2.96. The Morgan fingerprint density at radius 2 is 2.14 bits per heavy atom. The van der Waals surface area contributed by atoms with Crippen LogP contribution < -0.4 is 5.32 Å². The molecular weight excluding hydrogens is 242 g/mol. The van der Waals surface area contributed by atoms with Crippen molar-refractivity contribution >= 4 is 21.8 Å². The summed E-state index contributed by atoms with van der Waals surface area (Å²) in [7, 11) is 0. The number of carbonyl (C=O) groups is 1. The molecule has 1 unspecified atom stereocenters. The summed E-state index contributed by atoms with van der Waals surface area (Å²) in [4.78, 5) is 12.2. The van der Waals surface area contributed by atoms with Crippen LogP contribution >= 0.6 is 15.9 Å². The van der Waals surface area contributed by atoms with E-state index in [0.717, 1.165) is 18.9 Å². The van der Waals surface area contributed by atoms with Crippen LogP contribution in [-0.2, 0) is 4.79 Å². The van der Waals surface area contributed by atoms with Gasteiger partial charge in [-0.3, -0.25) is 4.79 Å². The van der Waals surface area contributed by atoms with Crippen LogP contribution in [-0.4, -0.2) is 17.3 Å². The Kier molecular flexibility index (Phi) is 3.99. The van der Waals surface area contributed by atoms with Gasteiger partial charge in [-0.25, -0.2) is 0 Å². The summed E-state index contributed by atoms with van der Waals surface area (Å²) >= 11 is 3.61. The van der Waals surface area contributed by atoms with Crippen LogP contribution in [0.4, 0.5) is 0 Å². The van der Waals surface area contributed by atoms with Crippen LogP contribution in [0.2, 0.25) is 0 Å². The number of hydrogen-bond donors (Lipinski definition) is 1. The van der Waals surface area contributed by atoms with E-state index >= 15 is 0 Å². The molecule has 2 nitrogen and oxygen atoms in total. The van der Waals surface area contributed by atoms with E-state index in [2.05, 4.69) is 21.2 Å². The molecule has 0 radical (unpaired) electrons. The first-order valence-corrected chi connectivity index (χ1v) is 6.31. The maximum atomic E-state index is 11.7. The minimum absolute atomic E-state index is 0.171. The average molecular weight is 262 g/mol. The maximum absolute atomic E-state index is 11.7. The molecule has 14 heavy (non-hydrogen) atoms. The summed E-state index contributed by atoms with van der Waals surface area (Å²) in [5.41, 5.74) is -0.226. The predicted octanol–water partition coefficient (Wildman–Crippen LogP) is 2.71. The zero-order valence-corrected chi connectivity index (χ0v) is 10.9.